The maximum atomic E-state index is 12.9. The van der Waals surface area contributed by atoms with Crippen LogP contribution in [-0.2, 0) is 11.4 Å². The Hall–Kier alpha value is -3.10. The standard InChI is InChI=1S/C27H25BrN2O2/c28-22-13-10-19(11-14-22)18-32-26-15-12-20-6-4-5-9-24(20)25(26)16-21(17-29)27(31)30-23-7-2-1-3-8-23/h4-6,9-16,23H,1-3,7-8,18H2,(H,30,31). The SMILES string of the molecule is N#CC(=Cc1c(OCc2ccc(Br)cc2)ccc2ccccc12)C(=O)NC1CCCCC1. The zero-order valence-corrected chi connectivity index (χ0v) is 19.4. The van der Waals surface area contributed by atoms with Gasteiger partial charge in [0.05, 0.1) is 0 Å². The summed E-state index contributed by atoms with van der Waals surface area (Å²) >= 11 is 3.45. The van der Waals surface area contributed by atoms with Gasteiger partial charge in [-0.15, -0.1) is 0 Å². The molecule has 0 saturated heterocycles. The number of carbonyl (C=O) groups excluding carboxylic acids is 1. The van der Waals surface area contributed by atoms with Crippen LogP contribution in [0, 0.1) is 11.3 Å². The van der Waals surface area contributed by atoms with E-state index in [1.807, 2.05) is 60.7 Å². The van der Waals surface area contributed by atoms with E-state index in [9.17, 15) is 10.1 Å². The molecule has 1 N–H and O–H groups in total. The second kappa shape index (κ2) is 10.5. The first-order valence-corrected chi connectivity index (χ1v) is 11.7. The van der Waals surface area contributed by atoms with Gasteiger partial charge in [-0.1, -0.05) is 77.7 Å². The summed E-state index contributed by atoms with van der Waals surface area (Å²) in [6.07, 6.45) is 7.06. The van der Waals surface area contributed by atoms with Gasteiger partial charge in [0.1, 0.15) is 24.0 Å². The van der Waals surface area contributed by atoms with Gasteiger partial charge in [0.15, 0.2) is 0 Å². The summed E-state index contributed by atoms with van der Waals surface area (Å²) in [6, 6.07) is 22.0. The molecule has 0 heterocycles. The molecule has 0 spiro atoms. The largest absolute Gasteiger partial charge is 0.488 e. The average Bonchev–Trinajstić information content (AvgIpc) is 2.83. The molecular weight excluding hydrogens is 464 g/mol. The molecule has 3 aromatic rings. The first-order chi connectivity index (χ1) is 15.6. The number of carbonyl (C=O) groups is 1. The van der Waals surface area contributed by atoms with Gasteiger partial charge in [-0.05, 0) is 53.5 Å². The smallest absolute Gasteiger partial charge is 0.262 e. The molecule has 0 radical (unpaired) electrons. The van der Waals surface area contributed by atoms with E-state index in [0.717, 1.165) is 52.1 Å². The van der Waals surface area contributed by atoms with Crippen LogP contribution in [0.4, 0.5) is 0 Å². The van der Waals surface area contributed by atoms with Crippen LogP contribution in [0.25, 0.3) is 16.8 Å². The molecule has 0 atom stereocenters. The van der Waals surface area contributed by atoms with Gasteiger partial charge in [-0.25, -0.2) is 0 Å². The number of nitrogens with one attached hydrogen (secondary N) is 1. The van der Waals surface area contributed by atoms with Gasteiger partial charge >= 0.3 is 0 Å². The van der Waals surface area contributed by atoms with E-state index in [0.29, 0.717) is 12.4 Å². The lowest BCUT2D eigenvalue weighted by Gasteiger charge is -2.22. The average molecular weight is 489 g/mol. The van der Waals surface area contributed by atoms with Crippen molar-refractivity contribution in [2.24, 2.45) is 0 Å². The highest BCUT2D eigenvalue weighted by atomic mass is 79.9. The molecule has 3 aromatic carbocycles. The van der Waals surface area contributed by atoms with Gasteiger partial charge in [0, 0.05) is 16.1 Å². The Morgan fingerprint density at radius 1 is 1.06 bits per heavy atom. The van der Waals surface area contributed by atoms with Crippen molar-refractivity contribution in [3.05, 3.63) is 81.8 Å². The van der Waals surface area contributed by atoms with E-state index in [1.165, 1.54) is 6.42 Å². The van der Waals surface area contributed by atoms with Crippen molar-refractivity contribution in [2.75, 3.05) is 0 Å². The minimum Gasteiger partial charge on any atom is -0.488 e. The molecule has 4 rings (SSSR count). The molecule has 0 aliphatic heterocycles. The number of halogens is 1. The molecule has 1 aliphatic carbocycles. The maximum Gasteiger partial charge on any atom is 0.262 e. The Morgan fingerprint density at radius 2 is 1.81 bits per heavy atom. The predicted molar refractivity (Wildman–Crippen MR) is 131 cm³/mol. The first-order valence-electron chi connectivity index (χ1n) is 11.0. The lowest BCUT2D eigenvalue weighted by molar-refractivity contribution is -0.117. The van der Waals surface area contributed by atoms with E-state index >= 15 is 0 Å². The molecule has 0 bridgehead atoms. The minimum atomic E-state index is -0.314. The molecule has 0 aromatic heterocycles. The van der Waals surface area contributed by atoms with E-state index in [1.54, 1.807) is 6.08 Å². The maximum absolute atomic E-state index is 12.9. The second-order valence-corrected chi connectivity index (χ2v) is 9.01. The highest BCUT2D eigenvalue weighted by Gasteiger charge is 2.19. The van der Waals surface area contributed by atoms with Crippen LogP contribution in [-0.4, -0.2) is 11.9 Å². The fourth-order valence-electron chi connectivity index (χ4n) is 4.10. The fraction of sp³-hybridized carbons (Fsp3) is 0.259. The molecule has 1 fully saturated rings. The van der Waals surface area contributed by atoms with Crippen molar-refractivity contribution >= 4 is 38.7 Å². The highest BCUT2D eigenvalue weighted by Crippen LogP contribution is 2.31. The Kier molecular flexibility index (Phi) is 7.24. The Labute approximate surface area is 197 Å². The van der Waals surface area contributed by atoms with E-state index < -0.39 is 0 Å². The van der Waals surface area contributed by atoms with E-state index in [2.05, 4.69) is 27.3 Å². The number of nitriles is 1. The predicted octanol–water partition coefficient (Wildman–Crippen LogP) is 6.54. The Morgan fingerprint density at radius 3 is 2.56 bits per heavy atom. The number of nitrogens with zero attached hydrogens (tertiary/aromatic N) is 1. The van der Waals surface area contributed by atoms with Crippen molar-refractivity contribution in [1.82, 2.24) is 5.32 Å². The van der Waals surface area contributed by atoms with Crippen molar-refractivity contribution in [3.8, 4) is 11.8 Å². The lowest BCUT2D eigenvalue weighted by atomic mass is 9.95. The monoisotopic (exact) mass is 488 g/mol. The molecule has 1 saturated carbocycles. The molecule has 4 nitrogen and oxygen atoms in total. The molecule has 5 heteroatoms. The number of fused-ring (bicyclic) bond motifs is 1. The zero-order chi connectivity index (χ0) is 22.3. The van der Waals surface area contributed by atoms with Crippen molar-refractivity contribution < 1.29 is 9.53 Å². The zero-order valence-electron chi connectivity index (χ0n) is 17.8. The highest BCUT2D eigenvalue weighted by molar-refractivity contribution is 9.10. The van der Waals surface area contributed by atoms with Gasteiger partial charge in [0.2, 0.25) is 0 Å². The summed E-state index contributed by atoms with van der Waals surface area (Å²) in [6.45, 7) is 0.391. The van der Waals surface area contributed by atoms with E-state index in [-0.39, 0.29) is 17.5 Å². The normalized spacial score (nSPS) is 14.7. The second-order valence-electron chi connectivity index (χ2n) is 8.09. The Bertz CT molecular complexity index is 1170. The number of hydrogen-bond donors (Lipinski definition) is 1. The summed E-state index contributed by atoms with van der Waals surface area (Å²) < 4.78 is 7.16. The lowest BCUT2D eigenvalue weighted by Crippen LogP contribution is -2.36. The van der Waals surface area contributed by atoms with Crippen LogP contribution in [0.2, 0.25) is 0 Å². The third-order valence-electron chi connectivity index (χ3n) is 5.83. The number of ether oxygens (including phenoxy) is 1. The van der Waals surface area contributed by atoms with Crippen LogP contribution >= 0.6 is 15.9 Å². The van der Waals surface area contributed by atoms with Gasteiger partial charge < -0.3 is 10.1 Å². The quantitative estimate of drug-likeness (QED) is 0.316. The molecule has 1 amide bonds. The molecular formula is C27H25BrN2O2. The third-order valence-corrected chi connectivity index (χ3v) is 6.36. The number of hydrogen-bond acceptors (Lipinski definition) is 3. The van der Waals surface area contributed by atoms with Crippen molar-refractivity contribution in [3.63, 3.8) is 0 Å². The first kappa shape index (κ1) is 22.1. The number of benzene rings is 3. The summed E-state index contributed by atoms with van der Waals surface area (Å²) in [4.78, 5) is 12.9. The van der Waals surface area contributed by atoms with Gasteiger partial charge in [-0.2, -0.15) is 5.26 Å². The fourth-order valence-corrected chi connectivity index (χ4v) is 4.36. The molecule has 0 unspecified atom stereocenters. The molecule has 32 heavy (non-hydrogen) atoms. The summed E-state index contributed by atoms with van der Waals surface area (Å²) in [5.74, 6) is 0.330. The van der Waals surface area contributed by atoms with Crippen LogP contribution in [0.5, 0.6) is 5.75 Å². The van der Waals surface area contributed by atoms with Crippen LogP contribution in [0.3, 0.4) is 0 Å². The van der Waals surface area contributed by atoms with Crippen LogP contribution in [0.15, 0.2) is 70.7 Å². The Balaban J connectivity index is 1.65. The van der Waals surface area contributed by atoms with Crippen molar-refractivity contribution in [1.29, 1.82) is 5.26 Å². The summed E-state index contributed by atoms with van der Waals surface area (Å²) in [5, 5.41) is 14.8. The third kappa shape index (κ3) is 5.38. The van der Waals surface area contributed by atoms with Gasteiger partial charge in [-0.3, -0.25) is 4.79 Å². The van der Waals surface area contributed by atoms with Crippen molar-refractivity contribution in [2.45, 2.75) is 44.8 Å². The topological polar surface area (TPSA) is 62.1 Å². The summed E-state index contributed by atoms with van der Waals surface area (Å²) in [5.41, 5.74) is 1.88. The van der Waals surface area contributed by atoms with E-state index in [4.69, 9.17) is 4.74 Å². The number of amides is 1. The summed E-state index contributed by atoms with van der Waals surface area (Å²) in [7, 11) is 0. The molecule has 162 valence electrons. The van der Waals surface area contributed by atoms with Gasteiger partial charge in [0.25, 0.3) is 5.91 Å². The van der Waals surface area contributed by atoms with Crippen LogP contribution < -0.4 is 10.1 Å². The molecule has 1 aliphatic rings. The minimum absolute atomic E-state index is 0.0976. The van der Waals surface area contributed by atoms with Crippen LogP contribution in [0.1, 0.15) is 43.2 Å². The number of rotatable bonds is 6.